The van der Waals surface area contributed by atoms with Gasteiger partial charge in [0.1, 0.15) is 5.82 Å². The van der Waals surface area contributed by atoms with E-state index in [0.29, 0.717) is 12.5 Å². The quantitative estimate of drug-likeness (QED) is 0.573. The fraction of sp³-hybridized carbons (Fsp3) is 0.200. The van der Waals surface area contributed by atoms with E-state index in [9.17, 15) is 0 Å². The van der Waals surface area contributed by atoms with Crippen molar-refractivity contribution in [2.24, 2.45) is 0 Å². The summed E-state index contributed by atoms with van der Waals surface area (Å²) in [5.41, 5.74) is 3.10. The summed E-state index contributed by atoms with van der Waals surface area (Å²) in [6.45, 7) is 3.29. The third kappa shape index (κ3) is 5.35. The molecule has 0 aliphatic rings. The van der Waals surface area contributed by atoms with Crippen molar-refractivity contribution < 1.29 is 0 Å². The van der Waals surface area contributed by atoms with Crippen molar-refractivity contribution in [2.45, 2.75) is 19.9 Å². The third-order valence-electron chi connectivity index (χ3n) is 3.86. The van der Waals surface area contributed by atoms with Crippen molar-refractivity contribution >= 4 is 35.0 Å². The van der Waals surface area contributed by atoms with E-state index in [1.165, 1.54) is 5.56 Å². The number of anilines is 2. The number of hydrogen-bond acceptors (Lipinski definition) is 4. The molecule has 0 unspecified atom stereocenters. The molecule has 3 aromatic rings. The van der Waals surface area contributed by atoms with Crippen LogP contribution in [0.2, 0.25) is 10.0 Å². The maximum absolute atomic E-state index is 6.20. The second kappa shape index (κ2) is 8.88. The molecule has 0 aliphatic carbocycles. The highest BCUT2D eigenvalue weighted by Crippen LogP contribution is 2.17. The summed E-state index contributed by atoms with van der Waals surface area (Å²) in [4.78, 5) is 8.97. The number of hydrogen-bond donors (Lipinski definition) is 2. The van der Waals surface area contributed by atoms with Crippen LogP contribution in [0.3, 0.4) is 0 Å². The average molecular weight is 387 g/mol. The Bertz CT molecular complexity index is 883. The van der Waals surface area contributed by atoms with Crippen molar-refractivity contribution in [1.29, 1.82) is 0 Å². The number of rotatable bonds is 7. The summed E-state index contributed by atoms with van der Waals surface area (Å²) in [6, 6.07) is 17.5. The Balaban J connectivity index is 1.59. The summed E-state index contributed by atoms with van der Waals surface area (Å²) < 4.78 is 0. The highest BCUT2D eigenvalue weighted by Gasteiger charge is 2.04. The van der Waals surface area contributed by atoms with Crippen molar-refractivity contribution in [3.05, 3.63) is 81.5 Å². The van der Waals surface area contributed by atoms with Crippen molar-refractivity contribution in [2.75, 3.05) is 17.2 Å². The van der Waals surface area contributed by atoms with Crippen LogP contribution >= 0.6 is 23.2 Å². The highest BCUT2D eigenvalue weighted by molar-refractivity contribution is 6.31. The van der Waals surface area contributed by atoms with Crippen LogP contribution in [-0.4, -0.2) is 16.5 Å². The van der Waals surface area contributed by atoms with E-state index in [1.807, 2.05) is 55.5 Å². The first-order valence-electron chi connectivity index (χ1n) is 8.41. The van der Waals surface area contributed by atoms with Crippen LogP contribution in [0.4, 0.5) is 11.8 Å². The smallest absolute Gasteiger partial charge is 0.224 e. The SMILES string of the molecule is Cc1cc(NCc2ccccc2Cl)nc(NCCc2cccc(Cl)c2)n1. The minimum Gasteiger partial charge on any atom is -0.366 e. The van der Waals surface area contributed by atoms with E-state index in [0.717, 1.165) is 40.1 Å². The molecule has 0 aliphatic heterocycles. The second-order valence-electron chi connectivity index (χ2n) is 5.97. The van der Waals surface area contributed by atoms with Gasteiger partial charge in [0, 0.05) is 34.9 Å². The Morgan fingerprint density at radius 1 is 0.923 bits per heavy atom. The predicted octanol–water partition coefficient (Wildman–Crippen LogP) is 5.36. The first kappa shape index (κ1) is 18.5. The summed E-state index contributed by atoms with van der Waals surface area (Å²) in [6.07, 6.45) is 0.847. The van der Waals surface area contributed by atoms with Gasteiger partial charge in [-0.15, -0.1) is 0 Å². The fourth-order valence-electron chi connectivity index (χ4n) is 2.58. The molecule has 4 nitrogen and oxygen atoms in total. The zero-order valence-corrected chi connectivity index (χ0v) is 16.0. The van der Waals surface area contributed by atoms with Crippen LogP contribution in [0.15, 0.2) is 54.6 Å². The molecule has 0 radical (unpaired) electrons. The summed E-state index contributed by atoms with van der Waals surface area (Å²) in [7, 11) is 0. The maximum atomic E-state index is 6.20. The van der Waals surface area contributed by atoms with Crippen molar-refractivity contribution in [1.82, 2.24) is 9.97 Å². The predicted molar refractivity (Wildman–Crippen MR) is 109 cm³/mol. The van der Waals surface area contributed by atoms with E-state index >= 15 is 0 Å². The summed E-state index contributed by atoms with van der Waals surface area (Å²) >= 11 is 12.2. The molecule has 0 fully saturated rings. The lowest BCUT2D eigenvalue weighted by Gasteiger charge is -2.11. The van der Waals surface area contributed by atoms with Crippen LogP contribution in [0.5, 0.6) is 0 Å². The van der Waals surface area contributed by atoms with Gasteiger partial charge in [-0.2, -0.15) is 4.98 Å². The van der Waals surface area contributed by atoms with Gasteiger partial charge in [0.05, 0.1) is 0 Å². The first-order chi connectivity index (χ1) is 12.6. The molecule has 2 N–H and O–H groups in total. The Kier molecular flexibility index (Phi) is 6.31. The number of nitrogens with one attached hydrogen (secondary N) is 2. The van der Waals surface area contributed by atoms with E-state index < -0.39 is 0 Å². The molecule has 0 atom stereocenters. The summed E-state index contributed by atoms with van der Waals surface area (Å²) in [5.74, 6) is 1.37. The van der Waals surface area contributed by atoms with E-state index in [-0.39, 0.29) is 0 Å². The van der Waals surface area contributed by atoms with Crippen molar-refractivity contribution in [3.8, 4) is 0 Å². The topological polar surface area (TPSA) is 49.8 Å². The molecule has 0 amide bonds. The Morgan fingerprint density at radius 3 is 2.58 bits per heavy atom. The van der Waals surface area contributed by atoms with Crippen molar-refractivity contribution in [3.63, 3.8) is 0 Å². The highest BCUT2D eigenvalue weighted by atomic mass is 35.5. The maximum Gasteiger partial charge on any atom is 0.224 e. The lowest BCUT2D eigenvalue weighted by Crippen LogP contribution is -2.10. The lowest BCUT2D eigenvalue weighted by atomic mass is 10.1. The van der Waals surface area contributed by atoms with Crippen LogP contribution in [0, 0.1) is 6.92 Å². The number of aryl methyl sites for hydroxylation is 1. The molecule has 134 valence electrons. The Morgan fingerprint density at radius 2 is 1.77 bits per heavy atom. The van der Waals surface area contributed by atoms with Gasteiger partial charge in [-0.1, -0.05) is 53.5 Å². The second-order valence-corrected chi connectivity index (χ2v) is 6.81. The minimum absolute atomic E-state index is 0.605. The molecule has 1 aromatic heterocycles. The van der Waals surface area contributed by atoms with Gasteiger partial charge in [0.2, 0.25) is 5.95 Å². The minimum atomic E-state index is 0.605. The molecule has 0 saturated carbocycles. The standard InChI is InChI=1S/C20H20Cl2N4/c1-14-11-19(24-13-16-6-2-3-8-18(16)22)26-20(25-14)23-10-9-15-5-4-7-17(21)12-15/h2-8,11-12H,9-10,13H2,1H3,(H2,23,24,25,26). The van der Waals surface area contributed by atoms with Crippen LogP contribution in [-0.2, 0) is 13.0 Å². The number of halogens is 2. The number of aromatic nitrogens is 2. The zero-order valence-electron chi connectivity index (χ0n) is 14.5. The molecule has 26 heavy (non-hydrogen) atoms. The number of nitrogens with zero attached hydrogens (tertiary/aromatic N) is 2. The van der Waals surface area contributed by atoms with Gasteiger partial charge in [-0.25, -0.2) is 4.98 Å². The molecule has 0 bridgehead atoms. The van der Waals surface area contributed by atoms with Crippen LogP contribution in [0.1, 0.15) is 16.8 Å². The van der Waals surface area contributed by atoms with Gasteiger partial charge >= 0.3 is 0 Å². The molecular formula is C20H20Cl2N4. The molecule has 1 heterocycles. The van der Waals surface area contributed by atoms with Gasteiger partial charge in [0.15, 0.2) is 0 Å². The van der Waals surface area contributed by atoms with Gasteiger partial charge in [-0.3, -0.25) is 0 Å². The lowest BCUT2D eigenvalue weighted by molar-refractivity contribution is 0.970. The van der Waals surface area contributed by atoms with Gasteiger partial charge in [-0.05, 0) is 42.7 Å². The zero-order chi connectivity index (χ0) is 18.4. The average Bonchev–Trinajstić information content (AvgIpc) is 2.61. The van der Waals surface area contributed by atoms with Crippen LogP contribution in [0.25, 0.3) is 0 Å². The summed E-state index contributed by atoms with van der Waals surface area (Å²) in [5, 5.41) is 8.07. The molecule has 3 rings (SSSR count). The van der Waals surface area contributed by atoms with Gasteiger partial charge in [0.25, 0.3) is 0 Å². The molecule has 6 heteroatoms. The molecular weight excluding hydrogens is 367 g/mol. The fourth-order valence-corrected chi connectivity index (χ4v) is 2.99. The Labute approximate surface area is 163 Å². The van der Waals surface area contributed by atoms with Gasteiger partial charge < -0.3 is 10.6 Å². The normalized spacial score (nSPS) is 10.6. The third-order valence-corrected chi connectivity index (χ3v) is 4.46. The first-order valence-corrected chi connectivity index (χ1v) is 9.17. The van der Waals surface area contributed by atoms with E-state index in [1.54, 1.807) is 0 Å². The number of benzene rings is 2. The van der Waals surface area contributed by atoms with Crippen LogP contribution < -0.4 is 10.6 Å². The molecule has 0 spiro atoms. The van der Waals surface area contributed by atoms with E-state index in [4.69, 9.17) is 23.2 Å². The molecule has 2 aromatic carbocycles. The Hall–Kier alpha value is -2.30. The molecule has 0 saturated heterocycles. The van der Waals surface area contributed by atoms with E-state index in [2.05, 4.69) is 26.7 Å². The monoisotopic (exact) mass is 386 g/mol. The largest absolute Gasteiger partial charge is 0.366 e.